The summed E-state index contributed by atoms with van der Waals surface area (Å²) >= 11 is 12.4. The Kier molecular flexibility index (Phi) is 4.49. The quantitative estimate of drug-likeness (QED) is 0.594. The van der Waals surface area contributed by atoms with Crippen LogP contribution in [-0.2, 0) is 21.6 Å². The van der Waals surface area contributed by atoms with Crippen molar-refractivity contribution < 1.29 is 18.7 Å². The number of aromatic nitrogens is 3. The van der Waals surface area contributed by atoms with E-state index in [-0.39, 0.29) is 6.54 Å². The van der Waals surface area contributed by atoms with Crippen molar-refractivity contribution in [2.45, 2.75) is 18.2 Å². The molecule has 2 aromatic carbocycles. The summed E-state index contributed by atoms with van der Waals surface area (Å²) in [5, 5.41) is 4.83. The Labute approximate surface area is 163 Å². The van der Waals surface area contributed by atoms with E-state index in [0.717, 1.165) is 0 Å². The molecule has 4 rings (SSSR count). The Morgan fingerprint density at radius 2 is 1.96 bits per heavy atom. The highest BCUT2D eigenvalue weighted by atomic mass is 35.5. The highest BCUT2D eigenvalue weighted by molar-refractivity contribution is 6.35. The molecule has 1 aliphatic heterocycles. The van der Waals surface area contributed by atoms with Crippen LogP contribution in [0.4, 0.5) is 9.18 Å². The van der Waals surface area contributed by atoms with Gasteiger partial charge in [-0.2, -0.15) is 5.10 Å². The van der Waals surface area contributed by atoms with Crippen molar-refractivity contribution in [1.29, 1.82) is 0 Å². The molecule has 1 aliphatic rings. The molecule has 6 nitrogen and oxygen atoms in total. The van der Waals surface area contributed by atoms with Crippen molar-refractivity contribution in [2.24, 2.45) is 0 Å². The van der Waals surface area contributed by atoms with E-state index in [1.54, 1.807) is 18.2 Å². The minimum absolute atomic E-state index is 0.0855. The first kappa shape index (κ1) is 17.8. The molecule has 138 valence electrons. The lowest BCUT2D eigenvalue weighted by atomic mass is 9.84. The highest BCUT2D eigenvalue weighted by Gasteiger charge is 2.55. The van der Waals surface area contributed by atoms with Crippen molar-refractivity contribution in [2.75, 3.05) is 0 Å². The second-order valence-electron chi connectivity index (χ2n) is 6.01. The van der Waals surface area contributed by atoms with Crippen molar-refractivity contribution in [1.82, 2.24) is 14.8 Å². The van der Waals surface area contributed by atoms with Gasteiger partial charge in [-0.15, -0.1) is 0 Å². The third-order valence-corrected chi connectivity index (χ3v) is 4.87. The number of nitrogens with zero attached hydrogens (tertiary/aromatic N) is 3. The summed E-state index contributed by atoms with van der Waals surface area (Å²) in [5.41, 5.74) is -0.304. The maximum absolute atomic E-state index is 13.4. The third-order valence-electron chi connectivity index (χ3n) is 4.33. The van der Waals surface area contributed by atoms with Crippen LogP contribution < -0.4 is 0 Å². The molecule has 0 aliphatic carbocycles. The van der Waals surface area contributed by atoms with E-state index in [0.29, 0.717) is 21.2 Å². The molecule has 0 saturated carbocycles. The highest BCUT2D eigenvalue weighted by Crippen LogP contribution is 2.49. The molecule has 3 aromatic rings. The van der Waals surface area contributed by atoms with E-state index < -0.39 is 23.7 Å². The number of hydrogen-bond donors (Lipinski definition) is 0. The number of carbonyl (C=O) groups is 1. The predicted molar refractivity (Wildman–Crippen MR) is 94.9 cm³/mol. The van der Waals surface area contributed by atoms with Gasteiger partial charge in [0.2, 0.25) is 5.60 Å². The lowest BCUT2D eigenvalue weighted by molar-refractivity contribution is 0.00362. The van der Waals surface area contributed by atoms with Gasteiger partial charge in [-0.25, -0.2) is 18.9 Å². The number of halogens is 3. The molecule has 2 heterocycles. The zero-order valence-electron chi connectivity index (χ0n) is 13.7. The summed E-state index contributed by atoms with van der Waals surface area (Å²) in [6, 6.07) is 10.5. The van der Waals surface area contributed by atoms with Crippen molar-refractivity contribution in [3.63, 3.8) is 0 Å². The van der Waals surface area contributed by atoms with Gasteiger partial charge >= 0.3 is 6.16 Å². The molecule has 1 saturated heterocycles. The molecule has 0 bridgehead atoms. The Hall–Kier alpha value is -2.64. The minimum atomic E-state index is -1.34. The van der Waals surface area contributed by atoms with E-state index >= 15 is 0 Å². The van der Waals surface area contributed by atoms with Gasteiger partial charge in [0.1, 0.15) is 18.5 Å². The minimum Gasteiger partial charge on any atom is -0.421 e. The average molecular weight is 408 g/mol. The second-order valence-corrected chi connectivity index (χ2v) is 6.85. The van der Waals surface area contributed by atoms with Crippen LogP contribution in [0.25, 0.3) is 0 Å². The fourth-order valence-corrected chi connectivity index (χ4v) is 3.75. The molecule has 9 heteroatoms. The predicted octanol–water partition coefficient (Wildman–Crippen LogP) is 4.53. The molecule has 0 radical (unpaired) electrons. The molecule has 1 fully saturated rings. The largest absolute Gasteiger partial charge is 0.510 e. The van der Waals surface area contributed by atoms with Gasteiger partial charge in [-0.3, -0.25) is 0 Å². The zero-order chi connectivity index (χ0) is 19.0. The molecule has 0 spiro atoms. The molecule has 27 heavy (non-hydrogen) atoms. The molecular weight excluding hydrogens is 396 g/mol. The Bertz CT molecular complexity index is 982. The van der Waals surface area contributed by atoms with Crippen LogP contribution in [0.15, 0.2) is 55.1 Å². The van der Waals surface area contributed by atoms with Crippen LogP contribution in [0.2, 0.25) is 10.0 Å². The van der Waals surface area contributed by atoms with Crippen LogP contribution >= 0.6 is 23.2 Å². The standard InChI is InChI=1S/C18H12Cl2FN3O3/c19-12-3-6-14(15(20)7-12)18(8-24-10-22-9-23-24)16(26-17(25)27-18)11-1-4-13(21)5-2-11/h1-7,9-10,16H,8H2/t16-,18-/m1/s1. The fraction of sp³-hybridized carbons (Fsp3) is 0.167. The smallest absolute Gasteiger partial charge is 0.421 e. The van der Waals surface area contributed by atoms with Gasteiger partial charge in [0.25, 0.3) is 0 Å². The van der Waals surface area contributed by atoms with E-state index in [2.05, 4.69) is 10.1 Å². The summed E-state index contributed by atoms with van der Waals surface area (Å²) in [5.74, 6) is -0.407. The Morgan fingerprint density at radius 3 is 2.63 bits per heavy atom. The van der Waals surface area contributed by atoms with Gasteiger partial charge in [0.05, 0.1) is 6.54 Å². The Balaban J connectivity index is 1.89. The summed E-state index contributed by atoms with van der Waals surface area (Å²) in [6.45, 7) is 0.0855. The third kappa shape index (κ3) is 3.24. The molecule has 0 unspecified atom stereocenters. The van der Waals surface area contributed by atoms with E-state index in [1.165, 1.54) is 41.6 Å². The lowest BCUT2D eigenvalue weighted by Gasteiger charge is -2.32. The summed E-state index contributed by atoms with van der Waals surface area (Å²) in [4.78, 5) is 16.1. The van der Waals surface area contributed by atoms with Crippen molar-refractivity contribution >= 4 is 29.4 Å². The first-order valence-electron chi connectivity index (χ1n) is 7.91. The van der Waals surface area contributed by atoms with Gasteiger partial charge in [-0.05, 0) is 29.8 Å². The second kappa shape index (κ2) is 6.83. The summed E-state index contributed by atoms with van der Waals surface area (Å²) in [6.07, 6.45) is 1.10. The number of benzene rings is 2. The maximum atomic E-state index is 13.4. The molecule has 0 amide bonds. The van der Waals surface area contributed by atoms with E-state index in [4.69, 9.17) is 32.7 Å². The normalized spacial score (nSPS) is 21.7. The molecule has 0 N–H and O–H groups in total. The van der Waals surface area contributed by atoms with Crippen molar-refractivity contribution in [3.8, 4) is 0 Å². The fourth-order valence-electron chi connectivity index (χ4n) is 3.18. The topological polar surface area (TPSA) is 66.2 Å². The van der Waals surface area contributed by atoms with E-state index in [9.17, 15) is 9.18 Å². The molecule has 1 aromatic heterocycles. The SMILES string of the molecule is O=C1O[C@H](c2ccc(F)cc2)[C@@](Cn2cncn2)(c2ccc(Cl)cc2Cl)O1. The number of rotatable bonds is 4. The Morgan fingerprint density at radius 1 is 1.19 bits per heavy atom. The van der Waals surface area contributed by atoms with Gasteiger partial charge < -0.3 is 9.47 Å². The van der Waals surface area contributed by atoms with Gasteiger partial charge in [-0.1, -0.05) is 41.4 Å². The molecular formula is C18H12Cl2FN3O3. The molecule has 2 atom stereocenters. The monoisotopic (exact) mass is 407 g/mol. The van der Waals surface area contributed by atoms with Crippen molar-refractivity contribution in [3.05, 3.63) is 82.1 Å². The number of hydrogen-bond acceptors (Lipinski definition) is 5. The van der Waals surface area contributed by atoms with Gasteiger partial charge in [0, 0.05) is 15.6 Å². The first-order valence-corrected chi connectivity index (χ1v) is 8.66. The van der Waals surface area contributed by atoms with Gasteiger partial charge in [0.15, 0.2) is 6.10 Å². The maximum Gasteiger partial charge on any atom is 0.510 e. The van der Waals surface area contributed by atoms with Crippen LogP contribution in [0.3, 0.4) is 0 Å². The number of carbonyl (C=O) groups excluding carboxylic acids is 1. The number of ether oxygens (including phenoxy) is 2. The van der Waals surface area contributed by atoms with Crippen LogP contribution in [-0.4, -0.2) is 20.9 Å². The summed E-state index contributed by atoms with van der Waals surface area (Å²) in [7, 11) is 0. The lowest BCUT2D eigenvalue weighted by Crippen LogP contribution is -2.37. The van der Waals surface area contributed by atoms with Crippen LogP contribution in [0.5, 0.6) is 0 Å². The number of cyclic esters (lactones) is 2. The van der Waals surface area contributed by atoms with Crippen LogP contribution in [0, 0.1) is 5.82 Å². The average Bonchev–Trinajstić information content (AvgIpc) is 3.24. The zero-order valence-corrected chi connectivity index (χ0v) is 15.2. The van der Waals surface area contributed by atoms with E-state index in [1.807, 2.05) is 0 Å². The summed E-state index contributed by atoms with van der Waals surface area (Å²) < 4.78 is 26.0. The van der Waals surface area contributed by atoms with Crippen LogP contribution in [0.1, 0.15) is 17.2 Å². The first-order chi connectivity index (χ1) is 13.0.